The summed E-state index contributed by atoms with van der Waals surface area (Å²) in [6, 6.07) is 4.30. The van der Waals surface area contributed by atoms with Gasteiger partial charge in [0.1, 0.15) is 5.82 Å². The summed E-state index contributed by atoms with van der Waals surface area (Å²) in [5.74, 6) is -0.501. The van der Waals surface area contributed by atoms with Crippen LogP contribution >= 0.6 is 0 Å². The molecule has 1 rings (SSSR count). The van der Waals surface area contributed by atoms with Crippen LogP contribution in [0.15, 0.2) is 24.4 Å². The maximum atomic E-state index is 12.9. The van der Waals surface area contributed by atoms with Crippen LogP contribution in [-0.2, 0) is 0 Å². The molecule has 0 unspecified atom stereocenters. The van der Waals surface area contributed by atoms with Crippen LogP contribution < -0.4 is 11.5 Å². The van der Waals surface area contributed by atoms with E-state index in [4.69, 9.17) is 16.9 Å². The summed E-state index contributed by atoms with van der Waals surface area (Å²) in [5, 5.41) is 6.99. The van der Waals surface area contributed by atoms with Crippen molar-refractivity contribution in [2.24, 2.45) is 5.73 Å². The molecule has 0 aliphatic heterocycles. The van der Waals surface area contributed by atoms with Crippen LogP contribution in [0.25, 0.3) is 5.57 Å². The Morgan fingerprint density at radius 3 is 2.62 bits per heavy atom. The van der Waals surface area contributed by atoms with E-state index in [-0.39, 0.29) is 5.69 Å². The fourth-order valence-corrected chi connectivity index (χ4v) is 0.934. The van der Waals surface area contributed by atoms with Crippen LogP contribution in [0, 0.1) is 11.2 Å². The molecule has 0 fully saturated rings. The van der Waals surface area contributed by atoms with Crippen LogP contribution in [0.1, 0.15) is 5.56 Å². The quantitative estimate of drug-likeness (QED) is 0.473. The maximum Gasteiger partial charge on any atom is 0.146 e. The molecule has 68 valence electrons. The zero-order valence-corrected chi connectivity index (χ0v) is 6.92. The monoisotopic (exact) mass is 179 g/mol. The molecule has 0 radical (unpaired) electrons. The number of anilines is 1. The minimum absolute atomic E-state index is 0.0881. The number of halogens is 1. The van der Waals surface area contributed by atoms with E-state index in [1.165, 1.54) is 18.3 Å². The van der Waals surface area contributed by atoms with Gasteiger partial charge in [-0.05, 0) is 17.7 Å². The predicted molar refractivity (Wildman–Crippen MR) is 51.8 cm³/mol. The van der Waals surface area contributed by atoms with E-state index < -0.39 is 5.82 Å². The lowest BCUT2D eigenvalue weighted by atomic mass is 10.1. The van der Waals surface area contributed by atoms with Gasteiger partial charge in [0.2, 0.25) is 0 Å². The van der Waals surface area contributed by atoms with Gasteiger partial charge in [-0.15, -0.1) is 0 Å². The number of nitrogen functional groups attached to an aromatic ring is 1. The first-order valence-electron chi connectivity index (χ1n) is 3.67. The maximum absolute atomic E-state index is 12.9. The molecule has 5 N–H and O–H groups in total. The summed E-state index contributed by atoms with van der Waals surface area (Å²) in [5.41, 5.74) is 11.6. The van der Waals surface area contributed by atoms with Crippen LogP contribution in [0.3, 0.4) is 0 Å². The third kappa shape index (κ3) is 1.84. The van der Waals surface area contributed by atoms with Crippen molar-refractivity contribution >= 4 is 17.5 Å². The van der Waals surface area contributed by atoms with Crippen LogP contribution in [0.4, 0.5) is 10.1 Å². The topological polar surface area (TPSA) is 75.9 Å². The third-order valence-corrected chi connectivity index (χ3v) is 1.67. The van der Waals surface area contributed by atoms with Crippen molar-refractivity contribution in [3.63, 3.8) is 0 Å². The Morgan fingerprint density at radius 1 is 1.46 bits per heavy atom. The van der Waals surface area contributed by atoms with Crippen LogP contribution in [0.5, 0.6) is 0 Å². The average molecular weight is 179 g/mol. The van der Waals surface area contributed by atoms with E-state index in [2.05, 4.69) is 0 Å². The summed E-state index contributed by atoms with van der Waals surface area (Å²) in [6.07, 6.45) is 2.31. The van der Waals surface area contributed by atoms with Gasteiger partial charge in [0, 0.05) is 18.0 Å². The molecule has 0 spiro atoms. The first-order chi connectivity index (χ1) is 6.19. The van der Waals surface area contributed by atoms with Gasteiger partial charge in [0.25, 0.3) is 0 Å². The second-order valence-corrected chi connectivity index (χ2v) is 2.50. The molecule has 3 nitrogen and oxygen atoms in total. The fourth-order valence-electron chi connectivity index (χ4n) is 0.934. The van der Waals surface area contributed by atoms with Crippen LogP contribution in [0.2, 0.25) is 0 Å². The summed E-state index contributed by atoms with van der Waals surface area (Å²) in [7, 11) is 0. The molecule has 0 aliphatic rings. The van der Waals surface area contributed by atoms with Crippen molar-refractivity contribution in [2.45, 2.75) is 0 Å². The minimum Gasteiger partial charge on any atom is -0.404 e. The van der Waals surface area contributed by atoms with E-state index in [1.54, 1.807) is 6.07 Å². The summed E-state index contributed by atoms with van der Waals surface area (Å²) < 4.78 is 12.9. The van der Waals surface area contributed by atoms with Gasteiger partial charge in [-0.1, -0.05) is 6.07 Å². The van der Waals surface area contributed by atoms with Gasteiger partial charge in [-0.3, -0.25) is 0 Å². The molecule has 1 aromatic carbocycles. The fraction of sp³-hybridized carbons (Fsp3) is 0. The molecule has 0 saturated heterocycles. The molecule has 13 heavy (non-hydrogen) atoms. The number of hydrogen-bond acceptors (Lipinski definition) is 3. The summed E-state index contributed by atoms with van der Waals surface area (Å²) >= 11 is 0. The molecule has 0 bridgehead atoms. The van der Waals surface area contributed by atoms with Crippen LogP contribution in [-0.4, -0.2) is 6.21 Å². The van der Waals surface area contributed by atoms with Gasteiger partial charge in [0.05, 0.1) is 5.69 Å². The van der Waals surface area contributed by atoms with Crippen molar-refractivity contribution in [3.8, 4) is 0 Å². The average Bonchev–Trinajstić information content (AvgIpc) is 2.13. The van der Waals surface area contributed by atoms with E-state index in [9.17, 15) is 4.39 Å². The number of benzene rings is 1. The lowest BCUT2D eigenvalue weighted by Gasteiger charge is -2.02. The number of allylic oxidation sites excluding steroid dienone is 1. The lowest BCUT2D eigenvalue weighted by molar-refractivity contribution is 0.632. The largest absolute Gasteiger partial charge is 0.404 e. The van der Waals surface area contributed by atoms with E-state index >= 15 is 0 Å². The first kappa shape index (κ1) is 9.25. The van der Waals surface area contributed by atoms with Gasteiger partial charge in [0.15, 0.2) is 0 Å². The van der Waals surface area contributed by atoms with Gasteiger partial charge >= 0.3 is 0 Å². The molecule has 4 heteroatoms. The zero-order chi connectivity index (χ0) is 9.84. The van der Waals surface area contributed by atoms with Crippen molar-refractivity contribution < 1.29 is 4.39 Å². The van der Waals surface area contributed by atoms with Gasteiger partial charge in [-0.2, -0.15) is 0 Å². The number of nitrogens with one attached hydrogen (secondary N) is 1. The molecule has 0 heterocycles. The van der Waals surface area contributed by atoms with Crippen molar-refractivity contribution in [1.82, 2.24) is 0 Å². The summed E-state index contributed by atoms with van der Waals surface area (Å²) in [6.45, 7) is 0. The first-order valence-corrected chi connectivity index (χ1v) is 3.67. The van der Waals surface area contributed by atoms with E-state index in [0.29, 0.717) is 11.1 Å². The van der Waals surface area contributed by atoms with Gasteiger partial charge in [-0.25, -0.2) is 4.39 Å². The second kappa shape index (κ2) is 3.71. The Balaban J connectivity index is 3.17. The summed E-state index contributed by atoms with van der Waals surface area (Å²) in [4.78, 5) is 0. The Bertz CT molecular complexity index is 358. The normalized spacial score (nSPS) is 11.3. The Labute approximate surface area is 75.4 Å². The Morgan fingerprint density at radius 2 is 2.15 bits per heavy atom. The van der Waals surface area contributed by atoms with Crippen molar-refractivity contribution in [3.05, 3.63) is 35.8 Å². The highest BCUT2D eigenvalue weighted by molar-refractivity contribution is 6.08. The SMILES string of the molecule is N=CC(=CN)c1ccc(N)c(F)c1. The minimum atomic E-state index is -0.501. The molecule has 0 aromatic heterocycles. The smallest absolute Gasteiger partial charge is 0.146 e. The van der Waals surface area contributed by atoms with Crippen molar-refractivity contribution in [2.75, 3.05) is 5.73 Å². The molecular formula is C9H10FN3. The molecule has 0 saturated carbocycles. The molecule has 0 atom stereocenters. The highest BCUT2D eigenvalue weighted by atomic mass is 19.1. The molecule has 0 amide bonds. The number of rotatable bonds is 2. The molecule has 0 aliphatic carbocycles. The third-order valence-electron chi connectivity index (χ3n) is 1.67. The molecular weight excluding hydrogens is 169 g/mol. The predicted octanol–water partition coefficient (Wildman–Crippen LogP) is 1.36. The second-order valence-electron chi connectivity index (χ2n) is 2.50. The Hall–Kier alpha value is -1.84. The number of hydrogen-bond donors (Lipinski definition) is 3. The van der Waals surface area contributed by atoms with E-state index in [1.807, 2.05) is 0 Å². The highest BCUT2D eigenvalue weighted by Gasteiger charge is 2.02. The Kier molecular flexibility index (Phi) is 2.64. The van der Waals surface area contributed by atoms with Crippen molar-refractivity contribution in [1.29, 1.82) is 5.41 Å². The lowest BCUT2D eigenvalue weighted by Crippen LogP contribution is -1.95. The standard InChI is InChI=1S/C9H10FN3/c10-8-3-6(1-2-9(8)13)7(4-11)5-12/h1-5,11H,12-13H2. The highest BCUT2D eigenvalue weighted by Crippen LogP contribution is 2.17. The van der Waals surface area contributed by atoms with Gasteiger partial charge < -0.3 is 16.9 Å². The number of nitrogens with two attached hydrogens (primary N) is 2. The van der Waals surface area contributed by atoms with E-state index in [0.717, 1.165) is 6.21 Å². The zero-order valence-electron chi connectivity index (χ0n) is 6.92. The molecule has 1 aromatic rings.